The van der Waals surface area contributed by atoms with Gasteiger partial charge in [-0.3, -0.25) is 0 Å². The van der Waals surface area contributed by atoms with Crippen LogP contribution in [0.5, 0.6) is 0 Å². The van der Waals surface area contributed by atoms with Crippen molar-refractivity contribution in [3.63, 3.8) is 0 Å². The maximum absolute atomic E-state index is 12.0. The molecular weight excluding hydrogens is 508 g/mol. The first kappa shape index (κ1) is 29.6. The molecule has 0 aliphatic carbocycles. The van der Waals surface area contributed by atoms with Crippen molar-refractivity contribution in [2.75, 3.05) is 13.2 Å². The van der Waals surface area contributed by atoms with Gasteiger partial charge in [-0.25, -0.2) is 47.0 Å². The molecule has 0 aromatic carbocycles. The third-order valence-electron chi connectivity index (χ3n) is 5.27. The van der Waals surface area contributed by atoms with Crippen LogP contribution in [0.3, 0.4) is 0 Å². The zero-order valence-corrected chi connectivity index (χ0v) is 22.2. The molecule has 0 bridgehead atoms. The zero-order chi connectivity index (χ0) is 27.1. The summed E-state index contributed by atoms with van der Waals surface area (Å²) in [6, 6.07) is 0. The highest BCUT2D eigenvalue weighted by atomic mass is 32.2. The van der Waals surface area contributed by atoms with Gasteiger partial charge in [-0.2, -0.15) is 0 Å². The highest BCUT2D eigenvalue weighted by Gasteiger charge is 2.32. The lowest BCUT2D eigenvalue weighted by Gasteiger charge is -2.21. The maximum Gasteiger partial charge on any atom is 0.214 e. The number of hydrogen-bond donors (Lipinski definition) is 2. The molecule has 36 heavy (non-hydrogen) atoms. The third kappa shape index (κ3) is 8.21. The predicted octanol–water partition coefficient (Wildman–Crippen LogP) is 1.25. The molecular formula is C22H32N6O6S2. The van der Waals surface area contributed by atoms with E-state index in [4.69, 9.17) is 19.8 Å². The van der Waals surface area contributed by atoms with Crippen LogP contribution >= 0.6 is 0 Å². The van der Waals surface area contributed by atoms with Crippen LogP contribution in [0.15, 0.2) is 37.3 Å². The van der Waals surface area contributed by atoms with Crippen molar-refractivity contribution in [3.05, 3.63) is 65.8 Å². The summed E-state index contributed by atoms with van der Waals surface area (Å²) in [5.41, 5.74) is 2.00. The smallest absolute Gasteiger partial charge is 0.214 e. The minimum atomic E-state index is -3.93. The minimum absolute atomic E-state index is 0.00941. The molecule has 0 saturated carbocycles. The Morgan fingerprint density at radius 2 is 1.39 bits per heavy atom. The summed E-state index contributed by atoms with van der Waals surface area (Å²) >= 11 is 0. The van der Waals surface area contributed by atoms with Gasteiger partial charge in [0.15, 0.2) is 11.6 Å². The second-order valence-electron chi connectivity index (χ2n) is 8.20. The fraction of sp³-hybridized carbons (Fsp3) is 0.455. The lowest BCUT2D eigenvalue weighted by Crippen LogP contribution is -2.34. The van der Waals surface area contributed by atoms with Crippen molar-refractivity contribution >= 4 is 26.1 Å². The van der Waals surface area contributed by atoms with E-state index < -0.39 is 42.8 Å². The molecule has 0 fully saturated rings. The van der Waals surface area contributed by atoms with Gasteiger partial charge >= 0.3 is 0 Å². The van der Waals surface area contributed by atoms with Crippen molar-refractivity contribution < 1.29 is 26.3 Å². The van der Waals surface area contributed by atoms with E-state index in [1.807, 2.05) is 0 Å². The summed E-state index contributed by atoms with van der Waals surface area (Å²) in [5.74, 6) is 0.327. The van der Waals surface area contributed by atoms with Crippen LogP contribution in [0.25, 0.3) is 6.08 Å². The van der Waals surface area contributed by atoms with E-state index in [0.717, 1.165) is 5.56 Å². The van der Waals surface area contributed by atoms with E-state index in [-0.39, 0.29) is 24.9 Å². The van der Waals surface area contributed by atoms with Gasteiger partial charge in [0.25, 0.3) is 0 Å². The number of hydrogen-bond acceptors (Lipinski definition) is 10. The molecule has 2 aromatic rings. The number of aryl methyl sites for hydroxylation is 2. The van der Waals surface area contributed by atoms with Crippen LogP contribution in [0.2, 0.25) is 0 Å². The molecule has 0 amide bonds. The largest absolute Gasteiger partial charge is 0.365 e. The van der Waals surface area contributed by atoms with E-state index in [1.165, 1.54) is 26.1 Å². The first-order chi connectivity index (χ1) is 16.8. The van der Waals surface area contributed by atoms with Gasteiger partial charge in [-0.05, 0) is 44.9 Å². The second kappa shape index (κ2) is 12.6. The Morgan fingerprint density at radius 1 is 0.889 bits per heavy atom. The Labute approximate surface area is 212 Å². The first-order valence-electron chi connectivity index (χ1n) is 10.9. The average Bonchev–Trinajstić information content (AvgIpc) is 2.80. The Kier molecular flexibility index (Phi) is 10.3. The van der Waals surface area contributed by atoms with Crippen molar-refractivity contribution in [3.8, 4) is 0 Å². The molecule has 0 spiro atoms. The third-order valence-corrected chi connectivity index (χ3v) is 7.84. The van der Waals surface area contributed by atoms with Crippen LogP contribution in [-0.2, 0) is 29.5 Å². The lowest BCUT2D eigenvalue weighted by atomic mass is 10.2. The second-order valence-corrected chi connectivity index (χ2v) is 12.0. The SMILES string of the molecule is C=CCO[C@@H](c1ncc(C)c(/C=C/CO[C@H](c2ncc(C)cn2)[C@H](C)S(N)(=O)=O)n1)[C@@H](C)S(N)(=O)=O. The number of ether oxygens (including phenoxy) is 2. The molecule has 0 unspecified atom stereocenters. The predicted molar refractivity (Wildman–Crippen MR) is 135 cm³/mol. The maximum atomic E-state index is 12.0. The molecule has 198 valence electrons. The molecule has 2 aromatic heterocycles. The van der Waals surface area contributed by atoms with Gasteiger partial charge in [0.05, 0.1) is 18.9 Å². The van der Waals surface area contributed by atoms with Gasteiger partial charge in [0.1, 0.15) is 22.7 Å². The highest BCUT2D eigenvalue weighted by Crippen LogP contribution is 2.24. The highest BCUT2D eigenvalue weighted by molar-refractivity contribution is 7.90. The number of sulfonamides is 2. The molecule has 14 heteroatoms. The monoisotopic (exact) mass is 540 g/mol. The van der Waals surface area contributed by atoms with Gasteiger partial charge < -0.3 is 9.47 Å². The summed E-state index contributed by atoms with van der Waals surface area (Å²) in [4.78, 5) is 17.0. The van der Waals surface area contributed by atoms with Crippen LogP contribution in [0.4, 0.5) is 0 Å². The summed E-state index contributed by atoms with van der Waals surface area (Å²) in [6.07, 6.45) is 7.38. The Bertz CT molecular complexity index is 1280. The Balaban J connectivity index is 2.27. The summed E-state index contributed by atoms with van der Waals surface area (Å²) in [7, 11) is -7.86. The number of nitrogens with two attached hydrogens (primary N) is 2. The van der Waals surface area contributed by atoms with Gasteiger partial charge in [-0.1, -0.05) is 12.2 Å². The number of rotatable bonds is 13. The minimum Gasteiger partial charge on any atom is -0.365 e. The summed E-state index contributed by atoms with van der Waals surface area (Å²) in [6.45, 7) is 10.1. The van der Waals surface area contributed by atoms with E-state index in [2.05, 4.69) is 26.5 Å². The molecule has 0 aliphatic rings. The van der Waals surface area contributed by atoms with Crippen LogP contribution < -0.4 is 10.3 Å². The molecule has 2 heterocycles. The average molecular weight is 541 g/mol. The molecule has 4 N–H and O–H groups in total. The standard InChI is InChI=1S/C22H32N6O6S2/c1-6-9-33-20(17(5)36(24,31)32)22-27-13-15(3)18(28-22)8-7-10-34-19(16(4)35(23,29)30)21-25-11-14(2)12-26-21/h6-8,11-13,16-17,19-20H,1,9-10H2,2-5H3,(H2,23,29,30)(H2,24,31,32)/b8-7+/t16-,17+,19-,20+/m0/s1. The van der Waals surface area contributed by atoms with E-state index in [0.29, 0.717) is 11.3 Å². The summed E-state index contributed by atoms with van der Waals surface area (Å²) < 4.78 is 59.1. The topological polar surface area (TPSA) is 190 Å². The van der Waals surface area contributed by atoms with E-state index in [9.17, 15) is 16.8 Å². The van der Waals surface area contributed by atoms with Crippen LogP contribution in [-0.4, -0.2) is 60.5 Å². The van der Waals surface area contributed by atoms with Crippen LogP contribution in [0, 0.1) is 13.8 Å². The molecule has 12 nitrogen and oxygen atoms in total. The number of nitrogens with zero attached hydrogens (tertiary/aromatic N) is 4. The number of aromatic nitrogens is 4. The van der Waals surface area contributed by atoms with Gasteiger partial charge in [0, 0.05) is 18.6 Å². The Morgan fingerprint density at radius 3 is 1.92 bits per heavy atom. The lowest BCUT2D eigenvalue weighted by molar-refractivity contribution is 0.0667. The molecule has 0 saturated heterocycles. The zero-order valence-electron chi connectivity index (χ0n) is 20.6. The van der Waals surface area contributed by atoms with Crippen molar-refractivity contribution in [1.82, 2.24) is 19.9 Å². The van der Waals surface area contributed by atoms with Crippen molar-refractivity contribution in [2.24, 2.45) is 10.3 Å². The van der Waals surface area contributed by atoms with Gasteiger partial charge in [-0.15, -0.1) is 6.58 Å². The van der Waals surface area contributed by atoms with Crippen molar-refractivity contribution in [1.29, 1.82) is 0 Å². The molecule has 4 atom stereocenters. The molecule has 2 rings (SSSR count). The first-order valence-corrected chi connectivity index (χ1v) is 14.1. The van der Waals surface area contributed by atoms with Gasteiger partial charge in [0.2, 0.25) is 20.0 Å². The molecule has 0 radical (unpaired) electrons. The van der Waals surface area contributed by atoms with Crippen LogP contribution in [0.1, 0.15) is 54.5 Å². The normalized spacial score (nSPS) is 15.9. The van der Waals surface area contributed by atoms with E-state index in [1.54, 1.807) is 38.4 Å². The van der Waals surface area contributed by atoms with E-state index >= 15 is 0 Å². The number of primary sulfonamides is 2. The molecule has 0 aliphatic heterocycles. The van der Waals surface area contributed by atoms with Crippen molar-refractivity contribution in [2.45, 2.75) is 50.4 Å². The fourth-order valence-corrected chi connectivity index (χ4v) is 4.09. The fourth-order valence-electron chi connectivity index (χ4n) is 3.00. The quantitative estimate of drug-likeness (QED) is 0.350. The summed E-state index contributed by atoms with van der Waals surface area (Å²) in [5, 5.41) is 8.45. The Hall–Kier alpha value is -2.62.